The summed E-state index contributed by atoms with van der Waals surface area (Å²) < 4.78 is 6.76. The van der Waals surface area contributed by atoms with E-state index in [1.807, 2.05) is 16.7 Å². The van der Waals surface area contributed by atoms with Crippen molar-refractivity contribution in [2.24, 2.45) is 5.92 Å². The van der Waals surface area contributed by atoms with E-state index >= 15 is 0 Å². The molecule has 116 valence electrons. The van der Waals surface area contributed by atoms with E-state index in [1.54, 1.807) is 17.7 Å². The van der Waals surface area contributed by atoms with Crippen molar-refractivity contribution in [1.82, 2.24) is 19.9 Å². The number of aromatic nitrogens is 4. The highest BCUT2D eigenvalue weighted by Crippen LogP contribution is 2.24. The highest BCUT2D eigenvalue weighted by atomic mass is 32.2. The number of hydrogen-bond donors (Lipinski definition) is 0. The van der Waals surface area contributed by atoms with E-state index in [9.17, 15) is 4.79 Å². The van der Waals surface area contributed by atoms with Crippen molar-refractivity contribution in [2.75, 3.05) is 23.7 Å². The molecule has 1 saturated heterocycles. The molecule has 2 aromatic heterocycles. The summed E-state index contributed by atoms with van der Waals surface area (Å²) >= 11 is 1.86. The van der Waals surface area contributed by atoms with E-state index in [0.29, 0.717) is 24.3 Å². The SMILES string of the molecule is Cc1noc(N2CC(Cn3nc4c(cc3=O)CSCC4)C2)n1. The second-order valence-corrected chi connectivity index (χ2v) is 6.94. The fourth-order valence-electron chi connectivity index (χ4n) is 2.88. The van der Waals surface area contributed by atoms with Gasteiger partial charge in [0.15, 0.2) is 5.82 Å². The largest absolute Gasteiger partial charge is 0.324 e. The van der Waals surface area contributed by atoms with Gasteiger partial charge in [0.2, 0.25) is 0 Å². The maximum absolute atomic E-state index is 12.2. The maximum atomic E-state index is 12.2. The number of hydrogen-bond acceptors (Lipinski definition) is 7. The Morgan fingerprint density at radius 1 is 1.45 bits per heavy atom. The minimum absolute atomic E-state index is 0.00772. The Kier molecular flexibility index (Phi) is 3.40. The summed E-state index contributed by atoms with van der Waals surface area (Å²) in [5.41, 5.74) is 2.20. The normalized spacial score (nSPS) is 18.1. The van der Waals surface area contributed by atoms with Gasteiger partial charge in [-0.05, 0) is 18.2 Å². The van der Waals surface area contributed by atoms with Gasteiger partial charge in [0.1, 0.15) is 0 Å². The lowest BCUT2D eigenvalue weighted by Gasteiger charge is -2.37. The molecule has 0 N–H and O–H groups in total. The summed E-state index contributed by atoms with van der Waals surface area (Å²) in [5, 5.41) is 8.35. The summed E-state index contributed by atoms with van der Waals surface area (Å²) in [6.45, 7) is 4.10. The van der Waals surface area contributed by atoms with Crippen molar-refractivity contribution in [3.63, 3.8) is 0 Å². The summed E-state index contributed by atoms with van der Waals surface area (Å²) in [5.74, 6) is 3.04. The average Bonchev–Trinajstić information content (AvgIpc) is 2.88. The minimum atomic E-state index is 0.00772. The van der Waals surface area contributed by atoms with Crippen molar-refractivity contribution < 1.29 is 4.52 Å². The predicted octanol–water partition coefficient (Wildman–Crippen LogP) is 0.860. The van der Waals surface area contributed by atoms with E-state index in [2.05, 4.69) is 15.2 Å². The number of aryl methyl sites for hydroxylation is 2. The standard InChI is InChI=1S/C14H17N5O2S/c1-9-15-14(21-17-9)18-5-10(6-18)7-19-13(20)4-11-8-22-3-2-12(11)16-19/h4,10H,2-3,5-8H2,1H3. The molecule has 1 fully saturated rings. The lowest BCUT2D eigenvalue weighted by atomic mass is 10.0. The molecule has 4 heterocycles. The Labute approximate surface area is 131 Å². The molecule has 0 atom stereocenters. The van der Waals surface area contributed by atoms with Gasteiger partial charge in [-0.15, -0.1) is 0 Å². The van der Waals surface area contributed by atoms with Gasteiger partial charge in [0.25, 0.3) is 5.56 Å². The highest BCUT2D eigenvalue weighted by molar-refractivity contribution is 7.98. The monoisotopic (exact) mass is 319 g/mol. The van der Waals surface area contributed by atoms with E-state index in [1.165, 1.54) is 0 Å². The number of nitrogens with zero attached hydrogens (tertiary/aromatic N) is 5. The van der Waals surface area contributed by atoms with Gasteiger partial charge in [-0.1, -0.05) is 5.16 Å². The Balaban J connectivity index is 1.43. The number of thioether (sulfide) groups is 1. The molecule has 0 aliphatic carbocycles. The lowest BCUT2D eigenvalue weighted by molar-refractivity contribution is 0.302. The van der Waals surface area contributed by atoms with Crippen LogP contribution in [-0.2, 0) is 18.7 Å². The van der Waals surface area contributed by atoms with E-state index in [0.717, 1.165) is 42.3 Å². The fraction of sp³-hybridized carbons (Fsp3) is 0.571. The third kappa shape index (κ3) is 2.51. The van der Waals surface area contributed by atoms with Crippen molar-refractivity contribution in [2.45, 2.75) is 25.6 Å². The third-order valence-electron chi connectivity index (χ3n) is 4.08. The molecule has 8 heteroatoms. The molecular formula is C14H17N5O2S. The van der Waals surface area contributed by atoms with Crippen LogP contribution in [0.4, 0.5) is 6.01 Å². The first-order chi connectivity index (χ1) is 10.7. The van der Waals surface area contributed by atoms with Crippen LogP contribution in [0.1, 0.15) is 17.1 Å². The predicted molar refractivity (Wildman–Crippen MR) is 83.1 cm³/mol. The van der Waals surface area contributed by atoms with Gasteiger partial charge in [-0.2, -0.15) is 21.8 Å². The fourth-order valence-corrected chi connectivity index (χ4v) is 3.84. The number of rotatable bonds is 3. The van der Waals surface area contributed by atoms with Gasteiger partial charge < -0.3 is 9.42 Å². The van der Waals surface area contributed by atoms with Crippen LogP contribution in [-0.4, -0.2) is 38.8 Å². The van der Waals surface area contributed by atoms with Crippen LogP contribution in [0.5, 0.6) is 0 Å². The molecule has 0 radical (unpaired) electrons. The van der Waals surface area contributed by atoms with Crippen molar-refractivity contribution in [3.05, 3.63) is 33.5 Å². The zero-order chi connectivity index (χ0) is 15.1. The van der Waals surface area contributed by atoms with E-state index in [-0.39, 0.29) is 5.56 Å². The molecule has 2 aliphatic rings. The van der Waals surface area contributed by atoms with Gasteiger partial charge in [-0.25, -0.2) is 4.68 Å². The molecule has 0 spiro atoms. The lowest BCUT2D eigenvalue weighted by Crippen LogP contribution is -2.50. The first-order valence-corrected chi connectivity index (χ1v) is 8.57. The molecule has 22 heavy (non-hydrogen) atoms. The minimum Gasteiger partial charge on any atom is -0.324 e. The topological polar surface area (TPSA) is 77.0 Å². The molecular weight excluding hydrogens is 302 g/mol. The van der Waals surface area contributed by atoms with Gasteiger partial charge in [-0.3, -0.25) is 4.79 Å². The van der Waals surface area contributed by atoms with Crippen LogP contribution in [0.3, 0.4) is 0 Å². The Hall–Kier alpha value is -1.83. The summed E-state index contributed by atoms with van der Waals surface area (Å²) in [6, 6.07) is 2.32. The zero-order valence-corrected chi connectivity index (χ0v) is 13.2. The molecule has 7 nitrogen and oxygen atoms in total. The molecule has 0 aromatic carbocycles. The Bertz CT molecular complexity index is 750. The first-order valence-electron chi connectivity index (χ1n) is 7.42. The summed E-state index contributed by atoms with van der Waals surface area (Å²) in [4.78, 5) is 18.4. The van der Waals surface area contributed by atoms with E-state index in [4.69, 9.17) is 4.52 Å². The average molecular weight is 319 g/mol. The number of anilines is 1. The van der Waals surface area contributed by atoms with Crippen molar-refractivity contribution in [3.8, 4) is 0 Å². The van der Waals surface area contributed by atoms with Crippen LogP contribution in [0, 0.1) is 12.8 Å². The van der Waals surface area contributed by atoms with Gasteiger partial charge in [0.05, 0.1) is 12.2 Å². The number of fused-ring (bicyclic) bond motifs is 1. The van der Waals surface area contributed by atoms with Crippen LogP contribution in [0.15, 0.2) is 15.4 Å². The molecule has 4 rings (SSSR count). The Morgan fingerprint density at radius 3 is 3.09 bits per heavy atom. The third-order valence-corrected chi connectivity index (χ3v) is 5.09. The van der Waals surface area contributed by atoms with E-state index < -0.39 is 0 Å². The molecule has 0 unspecified atom stereocenters. The summed E-state index contributed by atoms with van der Waals surface area (Å²) in [7, 11) is 0. The van der Waals surface area contributed by atoms with Crippen molar-refractivity contribution in [1.29, 1.82) is 0 Å². The molecule has 2 aromatic rings. The van der Waals surface area contributed by atoms with Crippen LogP contribution in [0.2, 0.25) is 0 Å². The van der Waals surface area contributed by atoms with Crippen molar-refractivity contribution >= 4 is 17.8 Å². The van der Waals surface area contributed by atoms with Crippen LogP contribution in [0.25, 0.3) is 0 Å². The zero-order valence-electron chi connectivity index (χ0n) is 12.4. The first kappa shape index (κ1) is 13.8. The van der Waals surface area contributed by atoms with Gasteiger partial charge in [0, 0.05) is 37.2 Å². The second-order valence-electron chi connectivity index (χ2n) is 5.83. The molecule has 0 saturated carbocycles. The maximum Gasteiger partial charge on any atom is 0.324 e. The molecule has 0 bridgehead atoms. The smallest absolute Gasteiger partial charge is 0.324 e. The van der Waals surface area contributed by atoms with Gasteiger partial charge >= 0.3 is 6.01 Å². The summed E-state index contributed by atoms with van der Waals surface area (Å²) in [6.07, 6.45) is 0.957. The quantitative estimate of drug-likeness (QED) is 0.830. The highest BCUT2D eigenvalue weighted by Gasteiger charge is 2.31. The molecule has 2 aliphatic heterocycles. The van der Waals surface area contributed by atoms with Crippen LogP contribution >= 0.6 is 11.8 Å². The second kappa shape index (κ2) is 5.42. The van der Waals surface area contributed by atoms with Crippen LogP contribution < -0.4 is 10.5 Å². The Morgan fingerprint density at radius 2 is 2.32 bits per heavy atom. The molecule has 0 amide bonds.